The number of thiophene rings is 1. The van der Waals surface area contributed by atoms with Crippen molar-refractivity contribution in [2.24, 2.45) is 0 Å². The second-order valence-corrected chi connectivity index (χ2v) is 5.86. The Balaban J connectivity index is 1.80. The van der Waals surface area contributed by atoms with E-state index < -0.39 is 6.10 Å². The fourth-order valence-corrected chi connectivity index (χ4v) is 2.93. The third-order valence-corrected chi connectivity index (χ3v) is 4.18. The molecule has 1 aromatic carbocycles. The lowest BCUT2D eigenvalue weighted by Crippen LogP contribution is -2.27. The molecule has 1 atom stereocenters. The van der Waals surface area contributed by atoms with Crippen LogP contribution in [0.4, 0.5) is 0 Å². The maximum Gasteiger partial charge on any atom is 0.224 e. The van der Waals surface area contributed by atoms with Crippen LogP contribution in [-0.4, -0.2) is 31.8 Å². The third kappa shape index (κ3) is 4.97. The van der Waals surface area contributed by atoms with Gasteiger partial charge in [-0.3, -0.25) is 4.79 Å². The summed E-state index contributed by atoms with van der Waals surface area (Å²) in [6.45, 7) is 0.434. The highest BCUT2D eigenvalue weighted by Gasteiger charge is 2.10. The Morgan fingerprint density at radius 3 is 2.70 bits per heavy atom. The van der Waals surface area contributed by atoms with E-state index in [0.717, 1.165) is 11.1 Å². The number of hydrogen-bond acceptors (Lipinski definition) is 5. The first-order valence-corrected chi connectivity index (χ1v) is 8.26. The zero-order chi connectivity index (χ0) is 16.7. The molecule has 1 amide bonds. The van der Waals surface area contributed by atoms with Crippen molar-refractivity contribution < 1.29 is 19.4 Å². The molecule has 23 heavy (non-hydrogen) atoms. The van der Waals surface area contributed by atoms with Gasteiger partial charge in [-0.1, -0.05) is 6.07 Å². The summed E-state index contributed by atoms with van der Waals surface area (Å²) in [5.41, 5.74) is 1.74. The number of amides is 1. The Kier molecular flexibility index (Phi) is 6.43. The van der Waals surface area contributed by atoms with Gasteiger partial charge in [0, 0.05) is 6.54 Å². The number of hydrogen-bond donors (Lipinski definition) is 2. The molecule has 5 nitrogen and oxygen atoms in total. The van der Waals surface area contributed by atoms with E-state index in [4.69, 9.17) is 9.47 Å². The molecule has 0 fully saturated rings. The summed E-state index contributed by atoms with van der Waals surface area (Å²) in [6.07, 6.45) is 0.214. The molecule has 0 spiro atoms. The molecule has 0 bridgehead atoms. The van der Waals surface area contributed by atoms with Crippen LogP contribution >= 0.6 is 11.3 Å². The maximum absolute atomic E-state index is 12.0. The minimum atomic E-state index is -0.539. The number of aliphatic hydroxyl groups excluding tert-OH is 1. The fourth-order valence-electron chi connectivity index (χ4n) is 2.22. The molecular weight excluding hydrogens is 314 g/mol. The second kappa shape index (κ2) is 8.55. The van der Waals surface area contributed by atoms with Crippen LogP contribution in [0.25, 0.3) is 0 Å². The van der Waals surface area contributed by atoms with Gasteiger partial charge in [-0.05, 0) is 46.5 Å². The van der Waals surface area contributed by atoms with Crippen molar-refractivity contribution in [1.82, 2.24) is 5.32 Å². The molecule has 2 N–H and O–H groups in total. The SMILES string of the molecule is COc1ccc(CC(=O)NCCC(O)c2ccsc2)cc1OC. The number of nitrogens with one attached hydrogen (secondary N) is 1. The van der Waals surface area contributed by atoms with E-state index in [2.05, 4.69) is 5.32 Å². The van der Waals surface area contributed by atoms with E-state index >= 15 is 0 Å². The van der Waals surface area contributed by atoms with Gasteiger partial charge in [0.15, 0.2) is 11.5 Å². The van der Waals surface area contributed by atoms with Crippen LogP contribution in [0.3, 0.4) is 0 Å². The normalized spacial score (nSPS) is 11.8. The van der Waals surface area contributed by atoms with Gasteiger partial charge >= 0.3 is 0 Å². The molecule has 0 radical (unpaired) electrons. The Hall–Kier alpha value is -2.05. The van der Waals surface area contributed by atoms with E-state index in [-0.39, 0.29) is 12.3 Å². The molecule has 0 aliphatic rings. The van der Waals surface area contributed by atoms with Gasteiger partial charge in [0.2, 0.25) is 5.91 Å². The number of benzene rings is 1. The zero-order valence-corrected chi connectivity index (χ0v) is 14.1. The highest BCUT2D eigenvalue weighted by atomic mass is 32.1. The van der Waals surface area contributed by atoms with Crippen molar-refractivity contribution in [3.8, 4) is 11.5 Å². The summed E-state index contributed by atoms with van der Waals surface area (Å²) in [5.74, 6) is 1.15. The molecule has 1 unspecified atom stereocenters. The van der Waals surface area contributed by atoms with Crippen molar-refractivity contribution in [2.75, 3.05) is 20.8 Å². The number of methoxy groups -OCH3 is 2. The molecule has 0 saturated carbocycles. The molecule has 1 aromatic heterocycles. The molecule has 0 aliphatic carbocycles. The van der Waals surface area contributed by atoms with Gasteiger partial charge < -0.3 is 19.9 Å². The van der Waals surface area contributed by atoms with Crippen LogP contribution in [0.15, 0.2) is 35.0 Å². The van der Waals surface area contributed by atoms with Crippen LogP contribution in [-0.2, 0) is 11.2 Å². The Bertz CT molecular complexity index is 628. The molecule has 2 rings (SSSR count). The smallest absolute Gasteiger partial charge is 0.224 e. The highest BCUT2D eigenvalue weighted by molar-refractivity contribution is 7.07. The summed E-state index contributed by atoms with van der Waals surface area (Å²) in [4.78, 5) is 12.0. The van der Waals surface area contributed by atoms with E-state index in [1.807, 2.05) is 22.9 Å². The lowest BCUT2D eigenvalue weighted by atomic mass is 10.1. The van der Waals surface area contributed by atoms with Crippen LogP contribution in [0.1, 0.15) is 23.7 Å². The topological polar surface area (TPSA) is 67.8 Å². The zero-order valence-electron chi connectivity index (χ0n) is 13.2. The van der Waals surface area contributed by atoms with Crippen molar-refractivity contribution in [3.05, 3.63) is 46.2 Å². The van der Waals surface area contributed by atoms with Crippen LogP contribution in [0.5, 0.6) is 11.5 Å². The van der Waals surface area contributed by atoms with Gasteiger partial charge in [0.25, 0.3) is 0 Å². The van der Waals surface area contributed by atoms with Crippen molar-refractivity contribution in [2.45, 2.75) is 18.9 Å². The van der Waals surface area contributed by atoms with Crippen molar-refractivity contribution >= 4 is 17.2 Å². The molecule has 124 valence electrons. The van der Waals surface area contributed by atoms with Gasteiger partial charge in [0.1, 0.15) is 0 Å². The van der Waals surface area contributed by atoms with Gasteiger partial charge in [-0.2, -0.15) is 11.3 Å². The number of ether oxygens (including phenoxy) is 2. The van der Waals surface area contributed by atoms with Gasteiger partial charge in [0.05, 0.1) is 26.7 Å². The molecule has 6 heteroatoms. The van der Waals surface area contributed by atoms with E-state index in [9.17, 15) is 9.90 Å². The first-order valence-electron chi connectivity index (χ1n) is 7.31. The van der Waals surface area contributed by atoms with Gasteiger partial charge in [-0.25, -0.2) is 0 Å². The standard InChI is InChI=1S/C17H21NO4S/c1-21-15-4-3-12(9-16(15)22-2)10-17(20)18-7-5-14(19)13-6-8-23-11-13/h3-4,6,8-9,11,14,19H,5,7,10H2,1-2H3,(H,18,20). The number of aliphatic hydroxyl groups is 1. The summed E-state index contributed by atoms with van der Waals surface area (Å²) < 4.78 is 10.4. The van der Waals surface area contributed by atoms with Crippen LogP contribution in [0, 0.1) is 0 Å². The number of rotatable bonds is 8. The fraction of sp³-hybridized carbons (Fsp3) is 0.353. The lowest BCUT2D eigenvalue weighted by molar-refractivity contribution is -0.120. The number of carbonyl (C=O) groups is 1. The predicted molar refractivity (Wildman–Crippen MR) is 90.2 cm³/mol. The molecule has 0 saturated heterocycles. The monoisotopic (exact) mass is 335 g/mol. The average Bonchev–Trinajstić information content (AvgIpc) is 3.09. The highest BCUT2D eigenvalue weighted by Crippen LogP contribution is 2.27. The van der Waals surface area contributed by atoms with Crippen molar-refractivity contribution in [1.29, 1.82) is 0 Å². The van der Waals surface area contributed by atoms with Crippen LogP contribution < -0.4 is 14.8 Å². The Morgan fingerprint density at radius 1 is 1.26 bits per heavy atom. The predicted octanol–water partition coefficient (Wildman–Crippen LogP) is 2.55. The van der Waals surface area contributed by atoms with E-state index in [0.29, 0.717) is 24.5 Å². The number of carbonyl (C=O) groups excluding carboxylic acids is 1. The second-order valence-electron chi connectivity index (χ2n) is 5.08. The van der Waals surface area contributed by atoms with Crippen LogP contribution in [0.2, 0.25) is 0 Å². The maximum atomic E-state index is 12.0. The van der Waals surface area contributed by atoms with Gasteiger partial charge in [-0.15, -0.1) is 0 Å². The lowest BCUT2D eigenvalue weighted by Gasteiger charge is -2.11. The minimum absolute atomic E-state index is 0.0882. The Labute approximate surface area is 139 Å². The quantitative estimate of drug-likeness (QED) is 0.778. The van der Waals surface area contributed by atoms with E-state index in [1.165, 1.54) is 0 Å². The molecule has 2 aromatic rings. The molecular formula is C17H21NO4S. The molecule has 0 aliphatic heterocycles. The first kappa shape index (κ1) is 17.3. The average molecular weight is 335 g/mol. The molecule has 1 heterocycles. The summed E-state index contributed by atoms with van der Waals surface area (Å²) in [7, 11) is 3.14. The first-order chi connectivity index (χ1) is 11.1. The Morgan fingerprint density at radius 2 is 2.04 bits per heavy atom. The largest absolute Gasteiger partial charge is 0.493 e. The minimum Gasteiger partial charge on any atom is -0.493 e. The third-order valence-electron chi connectivity index (χ3n) is 3.48. The summed E-state index contributed by atoms with van der Waals surface area (Å²) >= 11 is 1.55. The van der Waals surface area contributed by atoms with Crippen molar-refractivity contribution in [3.63, 3.8) is 0 Å². The van der Waals surface area contributed by atoms with E-state index in [1.54, 1.807) is 37.7 Å². The summed E-state index contributed by atoms with van der Waals surface area (Å²) in [6, 6.07) is 7.29. The summed E-state index contributed by atoms with van der Waals surface area (Å²) in [5, 5.41) is 16.6.